The molecule has 0 bridgehead atoms. The largest absolute Gasteiger partial charge is 0.316 e. The molecule has 0 spiro atoms. The molecule has 1 N–H and O–H groups in total. The zero-order valence-corrected chi connectivity index (χ0v) is 13.9. The van der Waals surface area contributed by atoms with Crippen molar-refractivity contribution >= 4 is 33.3 Å². The van der Waals surface area contributed by atoms with E-state index in [0.29, 0.717) is 11.0 Å². The Morgan fingerprint density at radius 3 is 2.74 bits per heavy atom. The number of nitrogens with one attached hydrogen (secondary N) is 1. The van der Waals surface area contributed by atoms with Gasteiger partial charge in [0.15, 0.2) is 5.65 Å². The molecule has 0 aliphatic heterocycles. The number of anilines is 1. The van der Waals surface area contributed by atoms with Crippen LogP contribution >= 0.6 is 11.3 Å². The van der Waals surface area contributed by atoms with Gasteiger partial charge in [-0.2, -0.15) is 0 Å². The predicted octanol–water partition coefficient (Wildman–Crippen LogP) is 2.42. The summed E-state index contributed by atoms with van der Waals surface area (Å²) in [5.74, 6) is -0.249. The fourth-order valence-corrected chi connectivity index (χ4v) is 3.38. The molecule has 6 nitrogen and oxygen atoms in total. The second-order valence-electron chi connectivity index (χ2n) is 5.34. The number of carbonyl (C=O) groups is 1. The Bertz CT molecular complexity index is 958. The fourth-order valence-electron chi connectivity index (χ4n) is 2.29. The number of hydrogen-bond acceptors (Lipinski definition) is 5. The molecule has 23 heavy (non-hydrogen) atoms. The minimum atomic E-state index is -0.270. The smallest absolute Gasteiger partial charge is 0.263 e. The monoisotopic (exact) mass is 328 g/mol. The zero-order valence-electron chi connectivity index (χ0n) is 13.1. The molecule has 0 aliphatic carbocycles. The molecule has 3 rings (SSSR count). The number of rotatable bonds is 3. The standard InChI is InChI=1S/C16H16N4O2S/c1-9-10(2)15(23-11(9)3)19-13(21)7-20-8-18-14-12(16(20)22)5-4-6-17-14/h4-6,8H,7H2,1-3H3,(H,19,21). The summed E-state index contributed by atoms with van der Waals surface area (Å²) >= 11 is 1.54. The minimum absolute atomic E-state index is 0.0773. The topological polar surface area (TPSA) is 76.9 Å². The third-order valence-electron chi connectivity index (χ3n) is 3.85. The molecular weight excluding hydrogens is 312 g/mol. The summed E-state index contributed by atoms with van der Waals surface area (Å²) in [5.41, 5.74) is 2.36. The first kappa shape index (κ1) is 15.4. The molecule has 3 heterocycles. The highest BCUT2D eigenvalue weighted by atomic mass is 32.1. The molecule has 0 unspecified atom stereocenters. The van der Waals surface area contributed by atoms with E-state index in [-0.39, 0.29) is 18.0 Å². The van der Waals surface area contributed by atoms with E-state index >= 15 is 0 Å². The average Bonchev–Trinajstić information content (AvgIpc) is 2.77. The summed E-state index contributed by atoms with van der Waals surface area (Å²) in [6.07, 6.45) is 2.94. The Balaban J connectivity index is 1.84. The van der Waals surface area contributed by atoms with Crippen molar-refractivity contribution in [1.82, 2.24) is 14.5 Å². The first-order valence-corrected chi connectivity index (χ1v) is 7.95. The number of fused-ring (bicyclic) bond motifs is 1. The Hall–Kier alpha value is -2.54. The van der Waals surface area contributed by atoms with Gasteiger partial charge in [-0.3, -0.25) is 14.2 Å². The molecule has 0 atom stereocenters. The normalized spacial score (nSPS) is 10.9. The van der Waals surface area contributed by atoms with Crippen molar-refractivity contribution < 1.29 is 4.79 Å². The third kappa shape index (κ3) is 2.87. The van der Waals surface area contributed by atoms with Crippen LogP contribution in [0.4, 0.5) is 5.00 Å². The number of thiophene rings is 1. The van der Waals surface area contributed by atoms with Gasteiger partial charge in [-0.25, -0.2) is 9.97 Å². The van der Waals surface area contributed by atoms with Crippen molar-refractivity contribution in [1.29, 1.82) is 0 Å². The van der Waals surface area contributed by atoms with Gasteiger partial charge in [0.05, 0.1) is 10.4 Å². The maximum absolute atomic E-state index is 12.3. The van der Waals surface area contributed by atoms with E-state index in [9.17, 15) is 9.59 Å². The molecular formula is C16H16N4O2S. The van der Waals surface area contributed by atoms with E-state index in [1.807, 2.05) is 20.8 Å². The summed E-state index contributed by atoms with van der Waals surface area (Å²) < 4.78 is 1.29. The molecule has 0 saturated carbocycles. The Morgan fingerprint density at radius 1 is 1.26 bits per heavy atom. The second-order valence-corrected chi connectivity index (χ2v) is 6.56. The zero-order chi connectivity index (χ0) is 16.6. The number of aromatic nitrogens is 3. The van der Waals surface area contributed by atoms with Crippen LogP contribution in [0, 0.1) is 20.8 Å². The lowest BCUT2D eigenvalue weighted by Gasteiger charge is -2.07. The van der Waals surface area contributed by atoms with Crippen molar-refractivity contribution in [2.75, 3.05) is 5.32 Å². The van der Waals surface area contributed by atoms with Crippen LogP contribution in [-0.4, -0.2) is 20.4 Å². The van der Waals surface area contributed by atoms with E-state index < -0.39 is 0 Å². The van der Waals surface area contributed by atoms with E-state index in [1.54, 1.807) is 29.7 Å². The lowest BCUT2D eigenvalue weighted by Crippen LogP contribution is -2.28. The van der Waals surface area contributed by atoms with Gasteiger partial charge in [-0.1, -0.05) is 0 Å². The molecule has 0 fully saturated rings. The summed E-state index contributed by atoms with van der Waals surface area (Å²) in [6.45, 7) is 5.95. The van der Waals surface area contributed by atoms with E-state index in [1.165, 1.54) is 21.3 Å². The molecule has 0 aromatic carbocycles. The molecule has 7 heteroatoms. The lowest BCUT2D eigenvalue weighted by atomic mass is 10.2. The van der Waals surface area contributed by atoms with Crippen LogP contribution in [0.25, 0.3) is 11.0 Å². The molecule has 0 aliphatic rings. The quantitative estimate of drug-likeness (QED) is 0.801. The van der Waals surface area contributed by atoms with E-state index in [0.717, 1.165) is 10.6 Å². The average molecular weight is 328 g/mol. The van der Waals surface area contributed by atoms with Gasteiger partial charge < -0.3 is 5.32 Å². The molecule has 3 aromatic heterocycles. The van der Waals surface area contributed by atoms with Crippen molar-refractivity contribution in [2.24, 2.45) is 0 Å². The third-order valence-corrected chi connectivity index (χ3v) is 5.08. The molecule has 0 radical (unpaired) electrons. The van der Waals surface area contributed by atoms with Gasteiger partial charge in [0.25, 0.3) is 5.56 Å². The number of nitrogens with zero attached hydrogens (tertiary/aromatic N) is 3. The second kappa shape index (κ2) is 5.92. The van der Waals surface area contributed by atoms with Crippen molar-refractivity contribution in [3.05, 3.63) is 51.0 Å². The highest BCUT2D eigenvalue weighted by Crippen LogP contribution is 2.31. The highest BCUT2D eigenvalue weighted by Gasteiger charge is 2.13. The summed E-state index contributed by atoms with van der Waals surface area (Å²) in [7, 11) is 0. The Morgan fingerprint density at radius 2 is 2.04 bits per heavy atom. The molecule has 3 aromatic rings. The lowest BCUT2D eigenvalue weighted by molar-refractivity contribution is -0.116. The van der Waals surface area contributed by atoms with Crippen LogP contribution in [0.2, 0.25) is 0 Å². The van der Waals surface area contributed by atoms with Crippen molar-refractivity contribution in [3.63, 3.8) is 0 Å². The fraction of sp³-hybridized carbons (Fsp3) is 0.250. The first-order chi connectivity index (χ1) is 11.0. The molecule has 1 amide bonds. The number of pyridine rings is 1. The van der Waals surface area contributed by atoms with Crippen LogP contribution in [0.5, 0.6) is 0 Å². The first-order valence-electron chi connectivity index (χ1n) is 7.14. The van der Waals surface area contributed by atoms with Gasteiger partial charge in [-0.15, -0.1) is 11.3 Å². The number of amides is 1. The maximum Gasteiger partial charge on any atom is 0.263 e. The van der Waals surface area contributed by atoms with E-state index in [2.05, 4.69) is 15.3 Å². The Labute approximate surface area is 136 Å². The van der Waals surface area contributed by atoms with Crippen LogP contribution in [0.15, 0.2) is 29.5 Å². The number of carbonyl (C=O) groups excluding carboxylic acids is 1. The summed E-state index contributed by atoms with van der Waals surface area (Å²) in [6, 6.07) is 3.33. The Kier molecular flexibility index (Phi) is 3.96. The van der Waals surface area contributed by atoms with Gasteiger partial charge >= 0.3 is 0 Å². The summed E-state index contributed by atoms with van der Waals surface area (Å²) in [4.78, 5) is 33.9. The summed E-state index contributed by atoms with van der Waals surface area (Å²) in [5, 5.41) is 4.10. The van der Waals surface area contributed by atoms with Crippen LogP contribution < -0.4 is 10.9 Å². The SMILES string of the molecule is Cc1sc(NC(=O)Cn2cnc3ncccc3c2=O)c(C)c1C. The van der Waals surface area contributed by atoms with E-state index in [4.69, 9.17) is 0 Å². The van der Waals surface area contributed by atoms with Gasteiger partial charge in [-0.05, 0) is 44.0 Å². The highest BCUT2D eigenvalue weighted by molar-refractivity contribution is 7.16. The van der Waals surface area contributed by atoms with Gasteiger partial charge in [0, 0.05) is 11.1 Å². The molecule has 118 valence electrons. The van der Waals surface area contributed by atoms with Crippen LogP contribution in [-0.2, 0) is 11.3 Å². The van der Waals surface area contributed by atoms with Crippen molar-refractivity contribution in [2.45, 2.75) is 27.3 Å². The van der Waals surface area contributed by atoms with Crippen molar-refractivity contribution in [3.8, 4) is 0 Å². The van der Waals surface area contributed by atoms with Gasteiger partial charge in [0.1, 0.15) is 12.9 Å². The van der Waals surface area contributed by atoms with Crippen LogP contribution in [0.3, 0.4) is 0 Å². The minimum Gasteiger partial charge on any atom is -0.316 e. The van der Waals surface area contributed by atoms with Gasteiger partial charge in [0.2, 0.25) is 5.91 Å². The molecule has 0 saturated heterocycles. The van der Waals surface area contributed by atoms with Crippen LogP contribution in [0.1, 0.15) is 16.0 Å². The maximum atomic E-state index is 12.3. The number of hydrogen-bond donors (Lipinski definition) is 1. The number of aryl methyl sites for hydroxylation is 1. The predicted molar refractivity (Wildman–Crippen MR) is 91.0 cm³/mol.